The third kappa shape index (κ3) is 5.82. The van der Waals surface area contributed by atoms with Crippen molar-refractivity contribution in [1.29, 1.82) is 0 Å². The van der Waals surface area contributed by atoms with Crippen molar-refractivity contribution < 1.29 is 46.4 Å². The van der Waals surface area contributed by atoms with E-state index in [1.165, 1.54) is 6.92 Å². The van der Waals surface area contributed by atoms with Crippen LogP contribution in [-0.2, 0) is 20.4 Å². The number of aryl methyl sites for hydroxylation is 1. The van der Waals surface area contributed by atoms with Crippen molar-refractivity contribution in [3.63, 3.8) is 0 Å². The van der Waals surface area contributed by atoms with Crippen molar-refractivity contribution in [2.75, 3.05) is 6.61 Å². The predicted molar refractivity (Wildman–Crippen MR) is 142 cm³/mol. The second-order valence-electron chi connectivity index (χ2n) is 9.63. The number of aliphatic hydroxyl groups excluding tert-OH is 1. The highest BCUT2D eigenvalue weighted by Gasteiger charge is 2.53. The summed E-state index contributed by atoms with van der Waals surface area (Å²) in [5, 5.41) is 24.1. The van der Waals surface area contributed by atoms with Gasteiger partial charge in [0.25, 0.3) is 0 Å². The molecule has 17 heteroatoms. The lowest BCUT2D eigenvalue weighted by Gasteiger charge is -2.48. The van der Waals surface area contributed by atoms with E-state index >= 15 is 0 Å². The summed E-state index contributed by atoms with van der Waals surface area (Å²) in [6.07, 6.45) is -8.52. The molecule has 3 aromatic rings. The lowest BCUT2D eigenvalue weighted by atomic mass is 9.89. The van der Waals surface area contributed by atoms with Gasteiger partial charge in [-0.1, -0.05) is 23.2 Å². The van der Waals surface area contributed by atoms with Gasteiger partial charge in [-0.2, -0.15) is 18.3 Å². The number of allylic oxidation sites excluding steroid dienone is 1. The first-order valence-corrected chi connectivity index (χ1v) is 13.1. The molecule has 2 aliphatic rings. The predicted octanol–water partition coefficient (Wildman–Crippen LogP) is 4.27. The Hall–Kier alpha value is -3.63. The number of halogens is 7. The fourth-order valence-electron chi connectivity index (χ4n) is 4.75. The number of carbonyl (C=O) groups is 1. The van der Waals surface area contributed by atoms with Crippen LogP contribution in [0.5, 0.6) is 0 Å². The van der Waals surface area contributed by atoms with E-state index in [2.05, 4.69) is 15.1 Å². The van der Waals surface area contributed by atoms with Gasteiger partial charge >= 0.3 is 12.1 Å². The molecule has 0 amide bonds. The van der Waals surface area contributed by atoms with Crippen LogP contribution in [0.2, 0.25) is 10.0 Å². The van der Waals surface area contributed by atoms with Crippen molar-refractivity contribution in [2.24, 2.45) is 10.7 Å². The van der Waals surface area contributed by atoms with Crippen LogP contribution in [0.15, 0.2) is 41.0 Å². The van der Waals surface area contributed by atoms with Gasteiger partial charge < -0.3 is 25.4 Å². The summed E-state index contributed by atoms with van der Waals surface area (Å²) in [5.74, 6) is -4.17. The van der Waals surface area contributed by atoms with Gasteiger partial charge in [-0.25, -0.2) is 23.2 Å². The molecular weight excluding hydrogens is 628 g/mol. The fourth-order valence-corrected chi connectivity index (χ4v) is 5.02. The van der Waals surface area contributed by atoms with E-state index in [0.29, 0.717) is 0 Å². The number of nitrogens with two attached hydrogens (primary N) is 1. The minimum Gasteiger partial charge on any atom is -0.477 e. The number of ether oxygens (including phenoxy) is 2. The number of aliphatic carboxylic acids is 1. The molecule has 2 aromatic carbocycles. The first-order valence-electron chi connectivity index (χ1n) is 12.3. The van der Waals surface area contributed by atoms with Gasteiger partial charge in [-0.15, -0.1) is 0 Å². The van der Waals surface area contributed by atoms with E-state index in [-0.39, 0.29) is 28.8 Å². The Morgan fingerprint density at radius 1 is 1.21 bits per heavy atom. The fraction of sp³-hybridized carbons (Fsp3) is 0.308. The van der Waals surface area contributed by atoms with Crippen molar-refractivity contribution in [1.82, 2.24) is 14.8 Å². The van der Waals surface area contributed by atoms with E-state index < -0.39 is 81.8 Å². The second-order valence-corrected chi connectivity index (χ2v) is 10.4. The molecule has 0 radical (unpaired) electrons. The highest BCUT2D eigenvalue weighted by atomic mass is 35.5. The summed E-state index contributed by atoms with van der Waals surface area (Å²) in [6, 6.07) is 3.17. The molecule has 5 atom stereocenters. The largest absolute Gasteiger partial charge is 0.477 e. The molecule has 5 unspecified atom stereocenters. The molecule has 2 aliphatic heterocycles. The topological polar surface area (TPSA) is 145 Å². The SMILES string of the molecule is Cc1nc(C2OC3COC3C(N=CC(=C(N)C(=O)O)c3cc(F)c(Cl)c(F)c3)C2O)n(-c2cc(Cl)ccc2C(F)(F)F)n1. The number of benzene rings is 2. The zero-order chi connectivity index (χ0) is 31.4. The summed E-state index contributed by atoms with van der Waals surface area (Å²) in [7, 11) is 0. The zero-order valence-electron chi connectivity index (χ0n) is 21.7. The normalized spacial score (nSPS) is 24.4. The number of fused-ring (bicyclic) bond motifs is 1. The Morgan fingerprint density at radius 2 is 1.88 bits per heavy atom. The average molecular weight is 648 g/mol. The van der Waals surface area contributed by atoms with Crippen LogP contribution in [0.1, 0.15) is 28.9 Å². The molecule has 4 N–H and O–H groups in total. The van der Waals surface area contributed by atoms with E-state index in [9.17, 15) is 37.0 Å². The van der Waals surface area contributed by atoms with Crippen LogP contribution < -0.4 is 5.73 Å². The minimum atomic E-state index is -4.80. The highest BCUT2D eigenvalue weighted by Crippen LogP contribution is 2.41. The molecule has 0 aliphatic carbocycles. The van der Waals surface area contributed by atoms with Gasteiger partial charge in [0.1, 0.15) is 58.6 Å². The first-order chi connectivity index (χ1) is 20.2. The molecule has 2 fully saturated rings. The maximum atomic E-state index is 14.2. The van der Waals surface area contributed by atoms with Gasteiger partial charge in [0.05, 0.1) is 17.9 Å². The van der Waals surface area contributed by atoms with Crippen LogP contribution >= 0.6 is 23.2 Å². The first kappa shape index (κ1) is 30.8. The van der Waals surface area contributed by atoms with Gasteiger partial charge in [0.15, 0.2) is 5.82 Å². The molecule has 228 valence electrons. The standard InChI is InChI=1S/C26H20Cl2F5N5O5/c1-9-36-24(38(37-9)16-6-11(27)2-3-13(16)26(31,32)33)23-21(39)20(22-17(43-23)8-42-22)35-7-12(19(34)25(40)41)10-4-14(29)18(28)15(30)5-10/h2-7,17,20-23,39H,8,34H2,1H3,(H,40,41). The molecule has 1 aromatic heterocycles. The zero-order valence-corrected chi connectivity index (χ0v) is 23.2. The third-order valence-corrected chi connectivity index (χ3v) is 7.41. The average Bonchev–Trinajstić information content (AvgIpc) is 3.29. The maximum absolute atomic E-state index is 14.2. The monoisotopic (exact) mass is 647 g/mol. The summed E-state index contributed by atoms with van der Waals surface area (Å²) < 4.78 is 82.3. The summed E-state index contributed by atoms with van der Waals surface area (Å²) in [6.45, 7) is 1.46. The molecule has 0 saturated carbocycles. The molecule has 0 spiro atoms. The molecule has 5 rings (SSSR count). The maximum Gasteiger partial charge on any atom is 0.418 e. The number of nitrogens with zero attached hydrogens (tertiary/aromatic N) is 4. The minimum absolute atomic E-state index is 0.0208. The summed E-state index contributed by atoms with van der Waals surface area (Å²) >= 11 is 11.5. The van der Waals surface area contributed by atoms with Crippen molar-refractivity contribution >= 4 is 41.0 Å². The Bertz CT molecular complexity index is 1640. The van der Waals surface area contributed by atoms with Gasteiger partial charge in [-0.05, 0) is 42.8 Å². The molecule has 10 nitrogen and oxygen atoms in total. The van der Waals surface area contributed by atoms with E-state index in [4.69, 9.17) is 38.4 Å². The number of alkyl halides is 3. The molecule has 0 bridgehead atoms. The molecule has 3 heterocycles. The van der Waals surface area contributed by atoms with Crippen molar-refractivity contribution in [3.8, 4) is 5.69 Å². The van der Waals surface area contributed by atoms with Gasteiger partial charge in [-0.3, -0.25) is 4.99 Å². The quantitative estimate of drug-likeness (QED) is 0.156. The number of hydrogen-bond acceptors (Lipinski definition) is 8. The number of hydrogen-bond donors (Lipinski definition) is 3. The molecule has 2 saturated heterocycles. The Kier molecular flexibility index (Phi) is 8.22. The summed E-state index contributed by atoms with van der Waals surface area (Å²) in [5.41, 5.74) is 2.59. The van der Waals surface area contributed by atoms with Gasteiger partial charge in [0.2, 0.25) is 0 Å². The lowest BCUT2D eigenvalue weighted by molar-refractivity contribution is -0.273. The van der Waals surface area contributed by atoms with Crippen LogP contribution in [0.25, 0.3) is 11.3 Å². The number of carboxylic acids is 1. The smallest absolute Gasteiger partial charge is 0.418 e. The van der Waals surface area contributed by atoms with E-state index in [1.54, 1.807) is 0 Å². The van der Waals surface area contributed by atoms with E-state index in [0.717, 1.165) is 41.2 Å². The lowest BCUT2D eigenvalue weighted by Crippen LogP contribution is -2.62. The van der Waals surface area contributed by atoms with Gasteiger partial charge in [0, 0.05) is 16.8 Å². The van der Waals surface area contributed by atoms with Crippen molar-refractivity contribution in [2.45, 2.75) is 43.6 Å². The van der Waals surface area contributed by atoms with E-state index in [1.807, 2.05) is 0 Å². The Morgan fingerprint density at radius 3 is 2.47 bits per heavy atom. The number of carboxylic acid groups (broad SMARTS) is 1. The third-order valence-electron chi connectivity index (χ3n) is 6.81. The number of rotatable bonds is 6. The highest BCUT2D eigenvalue weighted by molar-refractivity contribution is 6.31. The van der Waals surface area contributed by atoms with Crippen LogP contribution in [0, 0.1) is 18.6 Å². The van der Waals surface area contributed by atoms with Crippen LogP contribution in [0.3, 0.4) is 0 Å². The van der Waals surface area contributed by atoms with Crippen LogP contribution in [-0.4, -0.2) is 68.1 Å². The number of aromatic nitrogens is 3. The Labute approximate surface area is 249 Å². The summed E-state index contributed by atoms with van der Waals surface area (Å²) in [4.78, 5) is 20.1. The van der Waals surface area contributed by atoms with Crippen LogP contribution in [0.4, 0.5) is 22.0 Å². The second kappa shape index (κ2) is 11.5. The Balaban J connectivity index is 1.56. The van der Waals surface area contributed by atoms with Crippen molar-refractivity contribution in [3.05, 3.63) is 80.5 Å². The number of aliphatic hydroxyl groups is 1. The molecular formula is C26H20Cl2F5N5O5. The number of aliphatic imine (C=N–C) groups is 1. The molecule has 43 heavy (non-hydrogen) atoms.